The van der Waals surface area contributed by atoms with Gasteiger partial charge in [-0.25, -0.2) is 9.78 Å². The van der Waals surface area contributed by atoms with E-state index < -0.39 is 11.5 Å². The van der Waals surface area contributed by atoms with Crippen LogP contribution in [0, 0.1) is 11.8 Å². The lowest BCUT2D eigenvalue weighted by molar-refractivity contribution is -0.150. The largest absolute Gasteiger partial charge is 0.496 e. The van der Waals surface area contributed by atoms with E-state index in [0.717, 1.165) is 16.3 Å². The second-order valence-corrected chi connectivity index (χ2v) is 12.3. The molecule has 1 amide bonds. The molecule has 1 aromatic heterocycles. The molecule has 1 aliphatic rings. The van der Waals surface area contributed by atoms with Crippen LogP contribution >= 0.6 is 23.1 Å². The van der Waals surface area contributed by atoms with E-state index in [0.29, 0.717) is 24.2 Å². The maximum Gasteiger partial charge on any atom is 0.329 e. The van der Waals surface area contributed by atoms with E-state index in [-0.39, 0.29) is 29.2 Å². The molecule has 1 saturated heterocycles. The number of likely N-dealkylation sites (tertiary alicyclic amines) is 1. The smallest absolute Gasteiger partial charge is 0.329 e. The van der Waals surface area contributed by atoms with Gasteiger partial charge in [-0.3, -0.25) is 4.79 Å². The molecule has 186 valence electrons. The Labute approximate surface area is 211 Å². The van der Waals surface area contributed by atoms with E-state index in [1.165, 1.54) is 11.3 Å². The standard InChI is InChI=1S/C26H36N2O4S2/c1-16(2)13-26(24(30)31)14-18(15-33-7)21(22-27-10-11-34-22)28(26)23(29)17-8-9-19(25(3,4)5)20(12-17)32-6/h8-12,16,18,21H,13-15H2,1-7H3,(H,30,31)/t18-,21+,26-/m0/s1. The van der Waals surface area contributed by atoms with E-state index >= 15 is 0 Å². The summed E-state index contributed by atoms with van der Waals surface area (Å²) in [7, 11) is 1.60. The average Bonchev–Trinajstić information content (AvgIpc) is 3.38. The zero-order valence-corrected chi connectivity index (χ0v) is 22.8. The number of methoxy groups -OCH3 is 1. The fourth-order valence-electron chi connectivity index (χ4n) is 5.22. The average molecular weight is 505 g/mol. The number of hydrogen-bond donors (Lipinski definition) is 1. The molecule has 0 saturated carbocycles. The maximum absolute atomic E-state index is 14.2. The number of aromatic nitrogens is 1. The minimum atomic E-state index is -1.29. The molecule has 0 unspecified atom stereocenters. The Kier molecular flexibility index (Phi) is 8.03. The Morgan fingerprint density at radius 1 is 1.35 bits per heavy atom. The number of nitrogens with zero attached hydrogens (tertiary/aromatic N) is 2. The molecule has 1 N–H and O–H groups in total. The van der Waals surface area contributed by atoms with E-state index in [4.69, 9.17) is 4.74 Å². The van der Waals surface area contributed by atoms with Gasteiger partial charge < -0.3 is 14.7 Å². The van der Waals surface area contributed by atoms with Crippen LogP contribution in [0.5, 0.6) is 5.75 Å². The zero-order valence-electron chi connectivity index (χ0n) is 21.1. The Morgan fingerprint density at radius 3 is 2.56 bits per heavy atom. The van der Waals surface area contributed by atoms with Crippen molar-refractivity contribution in [3.05, 3.63) is 45.9 Å². The first-order chi connectivity index (χ1) is 16.0. The van der Waals surface area contributed by atoms with Gasteiger partial charge in [0.25, 0.3) is 5.91 Å². The molecule has 2 aromatic rings. The predicted molar refractivity (Wildman–Crippen MR) is 139 cm³/mol. The fraction of sp³-hybridized carbons (Fsp3) is 0.577. The molecule has 0 bridgehead atoms. The minimum Gasteiger partial charge on any atom is -0.496 e. The highest BCUT2D eigenvalue weighted by Crippen LogP contribution is 2.51. The summed E-state index contributed by atoms with van der Waals surface area (Å²) >= 11 is 3.16. The van der Waals surface area contributed by atoms with Crippen molar-refractivity contribution in [1.82, 2.24) is 9.88 Å². The van der Waals surface area contributed by atoms with Crippen molar-refractivity contribution < 1.29 is 19.4 Å². The maximum atomic E-state index is 14.2. The van der Waals surface area contributed by atoms with Crippen molar-refractivity contribution >= 4 is 35.0 Å². The highest BCUT2D eigenvalue weighted by atomic mass is 32.2. The lowest BCUT2D eigenvalue weighted by Crippen LogP contribution is -2.54. The SMILES string of the molecule is COc1cc(C(=O)N2[C@@H](c3nccs3)[C@H](CSC)C[C@@]2(CC(C)C)C(=O)O)ccc1C(C)(C)C. The quantitative estimate of drug-likeness (QED) is 0.483. The van der Waals surface area contributed by atoms with Crippen LogP contribution in [0.4, 0.5) is 0 Å². The van der Waals surface area contributed by atoms with Crippen molar-refractivity contribution in [2.24, 2.45) is 11.8 Å². The molecule has 8 heteroatoms. The van der Waals surface area contributed by atoms with E-state index in [9.17, 15) is 14.7 Å². The summed E-state index contributed by atoms with van der Waals surface area (Å²) in [6.07, 6.45) is 4.54. The summed E-state index contributed by atoms with van der Waals surface area (Å²) in [4.78, 5) is 33.3. The van der Waals surface area contributed by atoms with Crippen LogP contribution in [-0.2, 0) is 10.2 Å². The number of carboxylic acid groups (broad SMARTS) is 1. The first kappa shape index (κ1) is 26.5. The van der Waals surface area contributed by atoms with Crippen LogP contribution < -0.4 is 4.74 Å². The number of carboxylic acids is 1. The molecule has 2 heterocycles. The van der Waals surface area contributed by atoms with E-state index in [2.05, 4.69) is 25.8 Å². The molecule has 1 aromatic carbocycles. The van der Waals surface area contributed by atoms with Gasteiger partial charge in [0, 0.05) is 17.1 Å². The number of rotatable bonds is 8. The molecule has 0 spiro atoms. The number of amides is 1. The third-order valence-electron chi connectivity index (χ3n) is 6.49. The summed E-state index contributed by atoms with van der Waals surface area (Å²) in [5, 5.41) is 13.3. The number of hydrogen-bond acceptors (Lipinski definition) is 6. The molecular formula is C26H36N2O4S2. The summed E-state index contributed by atoms with van der Waals surface area (Å²) in [5.41, 5.74) is -0.0182. The highest BCUT2D eigenvalue weighted by Gasteiger charge is 2.59. The molecule has 34 heavy (non-hydrogen) atoms. The van der Waals surface area contributed by atoms with Gasteiger partial charge in [0.15, 0.2) is 0 Å². The summed E-state index contributed by atoms with van der Waals surface area (Å²) in [6, 6.07) is 5.09. The molecule has 6 nitrogen and oxygen atoms in total. The monoisotopic (exact) mass is 504 g/mol. The van der Waals surface area contributed by atoms with Gasteiger partial charge in [-0.05, 0) is 59.8 Å². The third kappa shape index (κ3) is 4.98. The predicted octanol–water partition coefficient (Wildman–Crippen LogP) is 5.89. The topological polar surface area (TPSA) is 79.7 Å². The second-order valence-electron chi connectivity index (χ2n) is 10.5. The second kappa shape index (κ2) is 10.3. The summed E-state index contributed by atoms with van der Waals surface area (Å²) in [6.45, 7) is 10.3. The van der Waals surface area contributed by atoms with Crippen molar-refractivity contribution in [2.45, 2.75) is 64.5 Å². The molecule has 0 radical (unpaired) electrons. The molecular weight excluding hydrogens is 468 g/mol. The summed E-state index contributed by atoms with van der Waals surface area (Å²) < 4.78 is 5.65. The van der Waals surface area contributed by atoms with Crippen LogP contribution in [0.1, 0.15) is 74.4 Å². The normalized spacial score (nSPS) is 22.9. The van der Waals surface area contributed by atoms with Gasteiger partial charge in [0.05, 0.1) is 13.2 Å². The lowest BCUT2D eigenvalue weighted by Gasteiger charge is -2.39. The number of benzene rings is 1. The Balaban J connectivity index is 2.19. The Bertz CT molecular complexity index is 1020. The number of aliphatic carboxylic acids is 1. The first-order valence-electron chi connectivity index (χ1n) is 11.6. The number of thioether (sulfide) groups is 1. The summed E-state index contributed by atoms with van der Waals surface area (Å²) in [5.74, 6) is 0.259. The molecule has 1 fully saturated rings. The minimum absolute atomic E-state index is 0.00399. The molecule has 0 aliphatic carbocycles. The van der Waals surface area contributed by atoms with Crippen LogP contribution in [-0.4, -0.2) is 51.5 Å². The number of ether oxygens (including phenoxy) is 1. The van der Waals surface area contributed by atoms with Gasteiger partial charge in [-0.1, -0.05) is 40.7 Å². The number of carbonyl (C=O) groups is 2. The van der Waals surface area contributed by atoms with Crippen LogP contribution in [0.15, 0.2) is 29.8 Å². The van der Waals surface area contributed by atoms with Crippen molar-refractivity contribution in [3.8, 4) is 5.75 Å². The van der Waals surface area contributed by atoms with E-state index in [1.807, 2.05) is 31.5 Å². The number of thiazole rings is 1. The van der Waals surface area contributed by atoms with Crippen molar-refractivity contribution in [1.29, 1.82) is 0 Å². The molecule has 3 rings (SSSR count). The first-order valence-corrected chi connectivity index (χ1v) is 13.9. The zero-order chi connectivity index (χ0) is 25.3. The van der Waals surface area contributed by atoms with E-state index in [1.54, 1.807) is 42.1 Å². The molecule has 3 atom stereocenters. The third-order valence-corrected chi connectivity index (χ3v) is 8.10. The van der Waals surface area contributed by atoms with Gasteiger partial charge in [0.1, 0.15) is 16.3 Å². The van der Waals surface area contributed by atoms with Crippen LogP contribution in [0.2, 0.25) is 0 Å². The van der Waals surface area contributed by atoms with Gasteiger partial charge >= 0.3 is 5.97 Å². The lowest BCUT2D eigenvalue weighted by atomic mass is 9.83. The van der Waals surface area contributed by atoms with Crippen LogP contribution in [0.25, 0.3) is 0 Å². The van der Waals surface area contributed by atoms with Crippen molar-refractivity contribution in [3.63, 3.8) is 0 Å². The fourth-order valence-corrected chi connectivity index (χ4v) is 6.76. The Morgan fingerprint density at radius 2 is 2.06 bits per heavy atom. The van der Waals surface area contributed by atoms with Crippen LogP contribution in [0.3, 0.4) is 0 Å². The molecule has 1 aliphatic heterocycles. The Hall–Kier alpha value is -2.06. The van der Waals surface area contributed by atoms with Crippen molar-refractivity contribution in [2.75, 3.05) is 19.1 Å². The number of carbonyl (C=O) groups excluding carboxylic acids is 1. The van der Waals surface area contributed by atoms with Gasteiger partial charge in [-0.15, -0.1) is 11.3 Å². The highest BCUT2D eigenvalue weighted by molar-refractivity contribution is 7.98. The van der Waals surface area contributed by atoms with Gasteiger partial charge in [-0.2, -0.15) is 11.8 Å². The van der Waals surface area contributed by atoms with Gasteiger partial charge in [0.2, 0.25) is 0 Å².